The van der Waals surface area contributed by atoms with Crippen LogP contribution in [0.15, 0.2) is 28.0 Å². The molecule has 0 aromatic carbocycles. The van der Waals surface area contributed by atoms with Gasteiger partial charge in [0.05, 0.1) is 18.3 Å². The topological polar surface area (TPSA) is 56.7 Å². The Morgan fingerprint density at radius 2 is 2.08 bits per heavy atom. The molecule has 1 amide bonds. The summed E-state index contributed by atoms with van der Waals surface area (Å²) in [5, 5.41) is 6.42. The van der Waals surface area contributed by atoms with E-state index in [4.69, 9.17) is 0 Å². The molecule has 1 spiro atoms. The Morgan fingerprint density at radius 3 is 2.62 bits per heavy atom. The summed E-state index contributed by atoms with van der Waals surface area (Å²) in [5.41, 5.74) is 3.68. The van der Waals surface area contributed by atoms with E-state index < -0.39 is 0 Å². The van der Waals surface area contributed by atoms with Crippen LogP contribution in [0.25, 0.3) is 0 Å². The van der Waals surface area contributed by atoms with Crippen LogP contribution in [-0.2, 0) is 4.79 Å². The van der Waals surface area contributed by atoms with E-state index in [9.17, 15) is 4.79 Å². The van der Waals surface area contributed by atoms with Crippen molar-refractivity contribution < 1.29 is 4.79 Å². The van der Waals surface area contributed by atoms with Gasteiger partial charge in [-0.1, -0.05) is 12.5 Å². The highest BCUT2D eigenvalue weighted by Crippen LogP contribution is 2.51. The summed E-state index contributed by atoms with van der Waals surface area (Å²) >= 11 is 0. The Kier molecular flexibility index (Phi) is 6.21. The van der Waals surface area contributed by atoms with E-state index in [-0.39, 0.29) is 11.9 Å². The lowest BCUT2D eigenvalue weighted by molar-refractivity contribution is -0.122. The molecule has 1 saturated heterocycles. The Bertz CT molecular complexity index is 556. The maximum absolute atomic E-state index is 12.4. The first-order valence-electron chi connectivity index (χ1n) is 8.95. The van der Waals surface area contributed by atoms with Crippen molar-refractivity contribution in [3.05, 3.63) is 23.0 Å². The molecular weight excluding hydrogens is 300 g/mol. The van der Waals surface area contributed by atoms with Crippen LogP contribution in [0.2, 0.25) is 0 Å². The summed E-state index contributed by atoms with van der Waals surface area (Å²) in [7, 11) is 3.99. The second-order valence-corrected chi connectivity index (χ2v) is 7.43. The zero-order chi connectivity index (χ0) is 17.7. The van der Waals surface area contributed by atoms with Crippen molar-refractivity contribution in [1.82, 2.24) is 15.5 Å². The zero-order valence-electron chi connectivity index (χ0n) is 15.8. The molecular formula is C19H32N4O. The number of aliphatic imine (C=N–C) groups is 1. The number of nitrogens with one attached hydrogen (secondary N) is 2. The lowest BCUT2D eigenvalue weighted by Gasteiger charge is -2.18. The summed E-state index contributed by atoms with van der Waals surface area (Å²) < 4.78 is 0. The highest BCUT2D eigenvalue weighted by Gasteiger charge is 2.49. The minimum Gasteiger partial charge on any atom is -0.380 e. The Hall–Kier alpha value is -1.62. The summed E-state index contributed by atoms with van der Waals surface area (Å²) in [6.45, 7) is 7.70. The lowest BCUT2D eigenvalue weighted by atomic mass is 10.0. The van der Waals surface area contributed by atoms with E-state index in [0.717, 1.165) is 30.8 Å². The Morgan fingerprint density at radius 1 is 1.38 bits per heavy atom. The first-order chi connectivity index (χ1) is 11.4. The molecule has 5 nitrogen and oxygen atoms in total. The van der Waals surface area contributed by atoms with Crippen molar-refractivity contribution in [1.29, 1.82) is 0 Å². The van der Waals surface area contributed by atoms with E-state index in [0.29, 0.717) is 12.0 Å². The number of hydrogen-bond donors (Lipinski definition) is 2. The number of hydrogen-bond acceptors (Lipinski definition) is 4. The van der Waals surface area contributed by atoms with Crippen molar-refractivity contribution in [2.45, 2.75) is 52.5 Å². The molecule has 1 aliphatic heterocycles. The van der Waals surface area contributed by atoms with Crippen LogP contribution in [0.5, 0.6) is 0 Å². The molecule has 0 aromatic rings. The van der Waals surface area contributed by atoms with Crippen LogP contribution in [0.1, 0.15) is 46.5 Å². The normalized spacial score (nSPS) is 23.5. The molecule has 2 aliphatic rings. The van der Waals surface area contributed by atoms with Crippen LogP contribution >= 0.6 is 0 Å². The highest BCUT2D eigenvalue weighted by molar-refractivity contribution is 5.82. The minimum atomic E-state index is -0.0420. The van der Waals surface area contributed by atoms with Crippen LogP contribution in [-0.4, -0.2) is 50.2 Å². The molecule has 0 aromatic heterocycles. The monoisotopic (exact) mass is 332 g/mol. The highest BCUT2D eigenvalue weighted by atomic mass is 16.2. The molecule has 0 bridgehead atoms. The van der Waals surface area contributed by atoms with Crippen LogP contribution in [0, 0.1) is 5.41 Å². The molecule has 2 fully saturated rings. The summed E-state index contributed by atoms with van der Waals surface area (Å²) in [5.74, 6) is 0.0957. The van der Waals surface area contributed by atoms with E-state index in [1.807, 2.05) is 38.2 Å². The van der Waals surface area contributed by atoms with Gasteiger partial charge in [-0.2, -0.15) is 0 Å². The molecule has 1 atom stereocenters. The zero-order valence-corrected chi connectivity index (χ0v) is 15.8. The number of nitrogens with zero attached hydrogens (tertiary/aromatic N) is 2. The third kappa shape index (κ3) is 4.94. The van der Waals surface area contributed by atoms with Crippen molar-refractivity contribution in [2.75, 3.05) is 27.2 Å². The first kappa shape index (κ1) is 18.7. The second kappa shape index (κ2) is 7.97. The number of allylic oxidation sites excluding steroid dienone is 3. The predicted molar refractivity (Wildman–Crippen MR) is 100 cm³/mol. The maximum Gasteiger partial charge on any atom is 0.237 e. The van der Waals surface area contributed by atoms with Gasteiger partial charge >= 0.3 is 0 Å². The smallest absolute Gasteiger partial charge is 0.237 e. The van der Waals surface area contributed by atoms with E-state index in [1.165, 1.54) is 18.4 Å². The molecule has 134 valence electrons. The third-order valence-electron chi connectivity index (χ3n) is 5.30. The lowest BCUT2D eigenvalue weighted by Crippen LogP contribution is -2.41. The molecule has 0 radical (unpaired) electrons. The largest absolute Gasteiger partial charge is 0.380 e. The van der Waals surface area contributed by atoms with Gasteiger partial charge < -0.3 is 15.5 Å². The molecule has 5 heteroatoms. The number of amides is 1. The van der Waals surface area contributed by atoms with Gasteiger partial charge in [-0.05, 0) is 51.0 Å². The van der Waals surface area contributed by atoms with Gasteiger partial charge in [0, 0.05) is 32.6 Å². The molecule has 24 heavy (non-hydrogen) atoms. The minimum absolute atomic E-state index is 0.0420. The average Bonchev–Trinajstić information content (AvgIpc) is 3.18. The molecule has 2 N–H and O–H groups in total. The van der Waals surface area contributed by atoms with Crippen LogP contribution in [0.4, 0.5) is 0 Å². The maximum atomic E-state index is 12.4. The summed E-state index contributed by atoms with van der Waals surface area (Å²) in [6, 6.07) is -0.0420. The molecule has 1 saturated carbocycles. The predicted octanol–water partition coefficient (Wildman–Crippen LogP) is 2.46. The van der Waals surface area contributed by atoms with Gasteiger partial charge in [-0.25, -0.2) is 0 Å². The van der Waals surface area contributed by atoms with Crippen molar-refractivity contribution >= 4 is 12.1 Å². The number of carbonyl (C=O) groups excluding carboxylic acids is 1. The fourth-order valence-corrected chi connectivity index (χ4v) is 2.85. The van der Waals surface area contributed by atoms with Crippen LogP contribution in [0.3, 0.4) is 0 Å². The van der Waals surface area contributed by atoms with Crippen LogP contribution < -0.4 is 10.6 Å². The quantitative estimate of drug-likeness (QED) is 0.704. The fraction of sp³-hybridized carbons (Fsp3) is 0.684. The summed E-state index contributed by atoms with van der Waals surface area (Å²) in [6.07, 6.45) is 8.39. The Balaban J connectivity index is 1.95. The average molecular weight is 332 g/mol. The third-order valence-corrected chi connectivity index (χ3v) is 5.30. The van der Waals surface area contributed by atoms with Gasteiger partial charge in [-0.3, -0.25) is 9.79 Å². The molecule has 1 aliphatic carbocycles. The van der Waals surface area contributed by atoms with Gasteiger partial charge in [0.2, 0.25) is 5.91 Å². The van der Waals surface area contributed by atoms with E-state index in [2.05, 4.69) is 29.5 Å². The van der Waals surface area contributed by atoms with E-state index in [1.54, 1.807) is 0 Å². The van der Waals surface area contributed by atoms with Crippen molar-refractivity contribution in [3.8, 4) is 0 Å². The number of carbonyl (C=O) groups is 1. The van der Waals surface area contributed by atoms with Gasteiger partial charge in [0.15, 0.2) is 0 Å². The SMILES string of the molecule is CC/C(C)=C/C=N\C(CNC(=O)C1CC2(CC2)CN1)=C(/C)N(C)C. The fourth-order valence-electron chi connectivity index (χ4n) is 2.85. The van der Waals surface area contributed by atoms with Gasteiger partial charge in [0.25, 0.3) is 0 Å². The summed E-state index contributed by atoms with van der Waals surface area (Å²) in [4.78, 5) is 19.0. The van der Waals surface area contributed by atoms with Gasteiger partial charge in [-0.15, -0.1) is 0 Å². The molecule has 1 unspecified atom stereocenters. The van der Waals surface area contributed by atoms with E-state index >= 15 is 0 Å². The molecule has 2 rings (SSSR count). The van der Waals surface area contributed by atoms with Crippen molar-refractivity contribution in [2.24, 2.45) is 10.4 Å². The first-order valence-corrected chi connectivity index (χ1v) is 8.95. The molecule has 1 heterocycles. The van der Waals surface area contributed by atoms with Crippen molar-refractivity contribution in [3.63, 3.8) is 0 Å². The number of rotatable bonds is 7. The second-order valence-electron chi connectivity index (χ2n) is 7.43. The standard InChI is InChI=1S/C19H32N4O/c1-6-14(2)7-10-20-17(15(3)23(4)5)12-21-18(24)16-11-19(8-9-19)13-22-16/h7,10,16,22H,6,8-9,11-13H2,1-5H3,(H,21,24)/b14-7+,17-15+,20-10-. The Labute approximate surface area is 146 Å². The van der Waals surface area contributed by atoms with Gasteiger partial charge in [0.1, 0.15) is 0 Å².